The largest absolute Gasteiger partial charge is 0.394 e. The first-order valence-electron chi connectivity index (χ1n) is 10.7. The van der Waals surface area contributed by atoms with E-state index in [1.807, 2.05) is 30.1 Å². The van der Waals surface area contributed by atoms with E-state index in [1.165, 1.54) is 12.1 Å². The van der Waals surface area contributed by atoms with Crippen molar-refractivity contribution < 1.29 is 14.3 Å². The molecule has 0 unspecified atom stereocenters. The van der Waals surface area contributed by atoms with Crippen LogP contribution in [0.1, 0.15) is 28.4 Å². The summed E-state index contributed by atoms with van der Waals surface area (Å²) in [5.74, 6) is -0.309. The Morgan fingerprint density at radius 3 is 2.48 bits per heavy atom. The van der Waals surface area contributed by atoms with Crippen molar-refractivity contribution in [1.29, 1.82) is 0 Å². The summed E-state index contributed by atoms with van der Waals surface area (Å²) >= 11 is 0. The molecule has 1 saturated heterocycles. The van der Waals surface area contributed by atoms with Crippen LogP contribution in [-0.4, -0.2) is 42.2 Å². The molecule has 1 amide bonds. The molecule has 4 nitrogen and oxygen atoms in total. The standard InChI is InChI=1S/C26H25FN2O2/c1-28-23-12-9-19(17-5-3-2-4-6-17)15-22(23)25-21(24(28)16-30)13-14-29(25)26(31)18-7-10-20(27)11-8-18/h2-12,15,21,24-25,30H,13-14,16H2,1H3/t21-,24-,25-/m0/s1. The van der Waals surface area contributed by atoms with Crippen LogP contribution in [0.4, 0.5) is 10.1 Å². The highest BCUT2D eigenvalue weighted by Gasteiger charge is 2.47. The average molecular weight is 416 g/mol. The van der Waals surface area contributed by atoms with Crippen molar-refractivity contribution in [2.24, 2.45) is 5.92 Å². The van der Waals surface area contributed by atoms with E-state index >= 15 is 0 Å². The number of aliphatic hydroxyl groups is 1. The minimum absolute atomic E-state index is 0.0378. The Bertz CT molecular complexity index is 1100. The smallest absolute Gasteiger partial charge is 0.254 e. The molecule has 0 bridgehead atoms. The number of anilines is 1. The van der Waals surface area contributed by atoms with Gasteiger partial charge in [-0.3, -0.25) is 4.79 Å². The molecular weight excluding hydrogens is 391 g/mol. The van der Waals surface area contributed by atoms with Gasteiger partial charge in [-0.2, -0.15) is 0 Å². The summed E-state index contributed by atoms with van der Waals surface area (Å²) in [6.07, 6.45) is 0.822. The van der Waals surface area contributed by atoms with E-state index in [2.05, 4.69) is 35.2 Å². The lowest BCUT2D eigenvalue weighted by atomic mass is 9.81. The minimum atomic E-state index is -0.353. The topological polar surface area (TPSA) is 43.8 Å². The lowest BCUT2D eigenvalue weighted by Crippen LogP contribution is -2.48. The summed E-state index contributed by atoms with van der Waals surface area (Å²) in [5, 5.41) is 10.2. The summed E-state index contributed by atoms with van der Waals surface area (Å²) in [6.45, 7) is 0.654. The zero-order chi connectivity index (χ0) is 21.5. The molecule has 1 fully saturated rings. The van der Waals surface area contributed by atoms with E-state index in [9.17, 15) is 14.3 Å². The maximum absolute atomic E-state index is 13.4. The first-order valence-corrected chi connectivity index (χ1v) is 10.7. The zero-order valence-electron chi connectivity index (χ0n) is 17.4. The summed E-state index contributed by atoms with van der Waals surface area (Å²) in [6, 6.07) is 22.1. The lowest BCUT2D eigenvalue weighted by molar-refractivity contribution is 0.0694. The maximum atomic E-state index is 13.4. The number of hydrogen-bond acceptors (Lipinski definition) is 3. The highest BCUT2D eigenvalue weighted by molar-refractivity contribution is 5.95. The Labute approximate surface area is 181 Å². The van der Waals surface area contributed by atoms with Crippen LogP contribution in [0.2, 0.25) is 0 Å². The second kappa shape index (κ2) is 7.82. The Balaban J connectivity index is 1.60. The third kappa shape index (κ3) is 3.29. The number of carbonyl (C=O) groups is 1. The minimum Gasteiger partial charge on any atom is -0.394 e. The van der Waals surface area contributed by atoms with Crippen molar-refractivity contribution in [2.75, 3.05) is 25.1 Å². The van der Waals surface area contributed by atoms with Gasteiger partial charge >= 0.3 is 0 Å². The van der Waals surface area contributed by atoms with Gasteiger partial charge in [0.2, 0.25) is 0 Å². The number of benzene rings is 3. The Morgan fingerprint density at radius 2 is 1.77 bits per heavy atom. The van der Waals surface area contributed by atoms with Gasteiger partial charge in [0.25, 0.3) is 5.91 Å². The van der Waals surface area contributed by atoms with Gasteiger partial charge in [-0.15, -0.1) is 0 Å². The molecule has 3 aromatic carbocycles. The van der Waals surface area contributed by atoms with Crippen molar-refractivity contribution in [1.82, 2.24) is 4.90 Å². The molecule has 0 aliphatic carbocycles. The molecule has 0 aromatic heterocycles. The van der Waals surface area contributed by atoms with Crippen LogP contribution >= 0.6 is 0 Å². The monoisotopic (exact) mass is 416 g/mol. The van der Waals surface area contributed by atoms with Crippen LogP contribution in [0, 0.1) is 11.7 Å². The molecule has 1 N–H and O–H groups in total. The molecule has 3 aromatic rings. The Kier molecular flexibility index (Phi) is 4.98. The third-order valence-corrected chi connectivity index (χ3v) is 6.81. The SMILES string of the molecule is CN1c2ccc(-c3ccccc3)cc2[C@@H]2[C@@H](CCN2C(=O)c2ccc(F)cc2)[C@@H]1CO. The Morgan fingerprint density at radius 1 is 1.03 bits per heavy atom. The van der Waals surface area contributed by atoms with Crippen LogP contribution in [-0.2, 0) is 0 Å². The van der Waals surface area contributed by atoms with Crippen molar-refractivity contribution in [2.45, 2.75) is 18.5 Å². The number of rotatable bonds is 3. The van der Waals surface area contributed by atoms with Crippen molar-refractivity contribution in [3.8, 4) is 11.1 Å². The highest BCUT2D eigenvalue weighted by Crippen LogP contribution is 2.49. The number of likely N-dealkylation sites (tertiary alicyclic amines) is 1. The van der Waals surface area contributed by atoms with E-state index in [0.29, 0.717) is 12.1 Å². The molecule has 2 aliphatic heterocycles. The van der Waals surface area contributed by atoms with Gasteiger partial charge < -0.3 is 14.9 Å². The van der Waals surface area contributed by atoms with Crippen LogP contribution in [0.15, 0.2) is 72.8 Å². The van der Waals surface area contributed by atoms with Crippen LogP contribution in [0.3, 0.4) is 0 Å². The molecule has 2 heterocycles. The molecule has 2 aliphatic rings. The summed E-state index contributed by atoms with van der Waals surface area (Å²) in [7, 11) is 2.02. The second-order valence-electron chi connectivity index (χ2n) is 8.40. The summed E-state index contributed by atoms with van der Waals surface area (Å²) in [4.78, 5) is 17.4. The first-order chi connectivity index (χ1) is 15.1. The van der Waals surface area contributed by atoms with Gasteiger partial charge in [0.05, 0.1) is 18.7 Å². The fraction of sp³-hybridized carbons (Fsp3) is 0.269. The van der Waals surface area contributed by atoms with Gasteiger partial charge in [-0.05, 0) is 59.5 Å². The van der Waals surface area contributed by atoms with Gasteiger partial charge in [-0.1, -0.05) is 36.4 Å². The van der Waals surface area contributed by atoms with Crippen molar-refractivity contribution >= 4 is 11.6 Å². The number of aliphatic hydroxyl groups excluding tert-OH is 1. The molecule has 31 heavy (non-hydrogen) atoms. The van der Waals surface area contributed by atoms with E-state index in [0.717, 1.165) is 28.8 Å². The van der Waals surface area contributed by atoms with Gasteiger partial charge in [0.15, 0.2) is 0 Å². The number of hydrogen-bond donors (Lipinski definition) is 1. The number of likely N-dealkylation sites (N-methyl/N-ethyl adjacent to an activating group) is 1. The maximum Gasteiger partial charge on any atom is 0.254 e. The molecule has 5 rings (SSSR count). The van der Waals surface area contributed by atoms with Crippen molar-refractivity contribution in [3.63, 3.8) is 0 Å². The predicted molar refractivity (Wildman–Crippen MR) is 119 cm³/mol. The Hall–Kier alpha value is -3.18. The zero-order valence-corrected chi connectivity index (χ0v) is 17.4. The van der Waals surface area contributed by atoms with Crippen LogP contribution in [0.25, 0.3) is 11.1 Å². The fourth-order valence-corrected chi connectivity index (χ4v) is 5.25. The van der Waals surface area contributed by atoms with Gasteiger partial charge in [-0.25, -0.2) is 4.39 Å². The molecule has 0 radical (unpaired) electrons. The number of halogens is 1. The van der Waals surface area contributed by atoms with Crippen molar-refractivity contribution in [3.05, 3.63) is 89.7 Å². The van der Waals surface area contributed by atoms with Crippen LogP contribution in [0.5, 0.6) is 0 Å². The quantitative estimate of drug-likeness (QED) is 0.683. The van der Waals surface area contributed by atoms with E-state index in [1.54, 1.807) is 12.1 Å². The first kappa shape index (κ1) is 19.8. The number of carbonyl (C=O) groups excluding carboxylic acids is 1. The molecule has 0 spiro atoms. The molecule has 5 heteroatoms. The lowest BCUT2D eigenvalue weighted by Gasteiger charge is -2.44. The van der Waals surface area contributed by atoms with E-state index in [4.69, 9.17) is 0 Å². The van der Waals surface area contributed by atoms with E-state index < -0.39 is 0 Å². The van der Waals surface area contributed by atoms with Gasteiger partial charge in [0.1, 0.15) is 5.82 Å². The molecule has 0 saturated carbocycles. The molecular formula is C26H25FN2O2. The number of amides is 1. The molecule has 158 valence electrons. The fourth-order valence-electron chi connectivity index (χ4n) is 5.25. The summed E-state index contributed by atoms with van der Waals surface area (Å²) < 4.78 is 13.4. The predicted octanol–water partition coefficient (Wildman–Crippen LogP) is 4.51. The third-order valence-electron chi connectivity index (χ3n) is 6.81. The number of nitrogens with zero attached hydrogens (tertiary/aromatic N) is 2. The van der Waals surface area contributed by atoms with Gasteiger partial charge in [0, 0.05) is 30.8 Å². The average Bonchev–Trinajstić information content (AvgIpc) is 3.25. The number of fused-ring (bicyclic) bond motifs is 3. The second-order valence-corrected chi connectivity index (χ2v) is 8.40. The summed E-state index contributed by atoms with van der Waals surface area (Å²) in [5.41, 5.74) is 4.87. The van der Waals surface area contributed by atoms with E-state index in [-0.39, 0.29) is 36.3 Å². The molecule has 3 atom stereocenters. The normalized spacial score (nSPS) is 22.2. The van der Waals surface area contributed by atoms with Crippen LogP contribution < -0.4 is 4.90 Å². The highest BCUT2D eigenvalue weighted by atomic mass is 19.1.